The highest BCUT2D eigenvalue weighted by molar-refractivity contribution is 4.85. The Morgan fingerprint density at radius 1 is 1.53 bits per heavy atom. The van der Waals surface area contributed by atoms with Crippen molar-refractivity contribution in [2.75, 3.05) is 6.54 Å². The minimum absolute atomic E-state index is 0.163. The first kappa shape index (κ1) is 12.1. The molecule has 86 valence electrons. The average Bonchev–Trinajstić information content (AvgIpc) is 2.51. The van der Waals surface area contributed by atoms with Crippen molar-refractivity contribution in [3.8, 4) is 0 Å². The summed E-state index contributed by atoms with van der Waals surface area (Å²) in [6.45, 7) is 7.31. The zero-order valence-electron chi connectivity index (χ0n) is 9.71. The molecule has 0 aliphatic rings. The predicted octanol–water partition coefficient (Wildman–Crippen LogP) is 0.985. The van der Waals surface area contributed by atoms with Gasteiger partial charge in [-0.05, 0) is 20.3 Å². The summed E-state index contributed by atoms with van der Waals surface area (Å²) in [4.78, 5) is 4.10. The van der Waals surface area contributed by atoms with Crippen LogP contribution in [0.1, 0.15) is 38.4 Å². The SMILES string of the molecule is CCCC(C)(N)CNCc1nc(C)no1. The van der Waals surface area contributed by atoms with E-state index in [2.05, 4.69) is 22.4 Å². The Hall–Kier alpha value is -0.940. The molecule has 5 nitrogen and oxygen atoms in total. The quantitative estimate of drug-likeness (QED) is 0.735. The summed E-state index contributed by atoms with van der Waals surface area (Å²) >= 11 is 0. The molecule has 0 aromatic carbocycles. The van der Waals surface area contributed by atoms with Crippen LogP contribution in [0.3, 0.4) is 0 Å². The number of rotatable bonds is 6. The summed E-state index contributed by atoms with van der Waals surface area (Å²) < 4.78 is 4.97. The molecule has 15 heavy (non-hydrogen) atoms. The lowest BCUT2D eigenvalue weighted by Gasteiger charge is -2.23. The summed E-state index contributed by atoms with van der Waals surface area (Å²) in [5.74, 6) is 1.27. The van der Waals surface area contributed by atoms with Crippen LogP contribution in [0.2, 0.25) is 0 Å². The third-order valence-corrected chi connectivity index (χ3v) is 2.20. The van der Waals surface area contributed by atoms with Crippen molar-refractivity contribution in [1.82, 2.24) is 15.5 Å². The Morgan fingerprint density at radius 3 is 2.80 bits per heavy atom. The van der Waals surface area contributed by atoms with Gasteiger partial charge in [-0.1, -0.05) is 18.5 Å². The molecule has 0 aliphatic carbocycles. The van der Waals surface area contributed by atoms with Gasteiger partial charge >= 0.3 is 0 Å². The smallest absolute Gasteiger partial charge is 0.240 e. The second-order valence-electron chi connectivity index (χ2n) is 4.24. The minimum atomic E-state index is -0.163. The van der Waals surface area contributed by atoms with Crippen LogP contribution in [0.5, 0.6) is 0 Å². The molecule has 0 bridgehead atoms. The lowest BCUT2D eigenvalue weighted by molar-refractivity contribution is 0.344. The number of aromatic nitrogens is 2. The third kappa shape index (κ3) is 4.40. The second-order valence-corrected chi connectivity index (χ2v) is 4.24. The number of nitrogens with zero attached hydrogens (tertiary/aromatic N) is 2. The zero-order chi connectivity index (χ0) is 11.3. The number of hydrogen-bond donors (Lipinski definition) is 2. The van der Waals surface area contributed by atoms with E-state index in [4.69, 9.17) is 10.3 Å². The van der Waals surface area contributed by atoms with E-state index in [0.29, 0.717) is 18.3 Å². The van der Waals surface area contributed by atoms with Crippen LogP contribution in [-0.2, 0) is 6.54 Å². The van der Waals surface area contributed by atoms with Crippen molar-refractivity contribution in [3.05, 3.63) is 11.7 Å². The van der Waals surface area contributed by atoms with Crippen molar-refractivity contribution in [2.24, 2.45) is 5.73 Å². The predicted molar refractivity (Wildman–Crippen MR) is 58.2 cm³/mol. The maximum absolute atomic E-state index is 6.07. The Balaban J connectivity index is 2.27. The topological polar surface area (TPSA) is 77.0 Å². The molecular weight excluding hydrogens is 192 g/mol. The standard InChI is InChI=1S/C10H20N4O/c1-4-5-10(3,11)7-12-6-9-13-8(2)14-15-9/h12H,4-7,11H2,1-3H3. The highest BCUT2D eigenvalue weighted by Crippen LogP contribution is 2.06. The first-order valence-corrected chi connectivity index (χ1v) is 5.32. The van der Waals surface area contributed by atoms with Gasteiger partial charge < -0.3 is 15.6 Å². The Morgan fingerprint density at radius 2 is 2.27 bits per heavy atom. The third-order valence-electron chi connectivity index (χ3n) is 2.20. The van der Waals surface area contributed by atoms with Crippen molar-refractivity contribution < 1.29 is 4.52 Å². The maximum Gasteiger partial charge on any atom is 0.240 e. The lowest BCUT2D eigenvalue weighted by atomic mass is 9.98. The zero-order valence-corrected chi connectivity index (χ0v) is 9.71. The van der Waals surface area contributed by atoms with Crippen LogP contribution in [0.15, 0.2) is 4.52 Å². The molecule has 0 amide bonds. The van der Waals surface area contributed by atoms with E-state index in [1.165, 1.54) is 0 Å². The molecule has 0 fully saturated rings. The molecule has 1 aromatic rings. The average molecular weight is 212 g/mol. The van der Waals surface area contributed by atoms with Crippen molar-refractivity contribution in [3.63, 3.8) is 0 Å². The summed E-state index contributed by atoms with van der Waals surface area (Å²) in [6, 6.07) is 0. The highest BCUT2D eigenvalue weighted by atomic mass is 16.5. The molecule has 0 saturated heterocycles. The van der Waals surface area contributed by atoms with Gasteiger partial charge in [-0.2, -0.15) is 4.98 Å². The maximum atomic E-state index is 6.07. The summed E-state index contributed by atoms with van der Waals surface area (Å²) in [5.41, 5.74) is 5.90. The van der Waals surface area contributed by atoms with Gasteiger partial charge in [0.15, 0.2) is 5.82 Å². The number of aryl methyl sites for hydroxylation is 1. The van der Waals surface area contributed by atoms with Crippen molar-refractivity contribution in [2.45, 2.75) is 45.7 Å². The van der Waals surface area contributed by atoms with Crippen LogP contribution in [-0.4, -0.2) is 22.2 Å². The van der Waals surface area contributed by atoms with Crippen LogP contribution in [0.4, 0.5) is 0 Å². The first-order valence-electron chi connectivity index (χ1n) is 5.32. The van der Waals surface area contributed by atoms with Gasteiger partial charge in [-0.3, -0.25) is 0 Å². The van der Waals surface area contributed by atoms with Crippen LogP contribution in [0, 0.1) is 6.92 Å². The molecule has 3 N–H and O–H groups in total. The van der Waals surface area contributed by atoms with Gasteiger partial charge in [-0.25, -0.2) is 0 Å². The first-order chi connectivity index (χ1) is 7.03. The molecule has 0 aliphatic heterocycles. The summed E-state index contributed by atoms with van der Waals surface area (Å²) in [6.07, 6.45) is 2.09. The number of nitrogens with one attached hydrogen (secondary N) is 1. The van der Waals surface area contributed by atoms with E-state index < -0.39 is 0 Å². The minimum Gasteiger partial charge on any atom is -0.338 e. The Bertz CT molecular complexity index is 295. The normalized spacial score (nSPS) is 15.2. The van der Waals surface area contributed by atoms with E-state index in [1.54, 1.807) is 6.92 Å². The van der Waals surface area contributed by atoms with Gasteiger partial charge in [-0.15, -0.1) is 0 Å². The Labute approximate surface area is 90.4 Å². The van der Waals surface area contributed by atoms with E-state index in [1.807, 2.05) is 6.92 Å². The highest BCUT2D eigenvalue weighted by Gasteiger charge is 2.16. The second kappa shape index (κ2) is 5.23. The van der Waals surface area contributed by atoms with Crippen molar-refractivity contribution >= 4 is 0 Å². The van der Waals surface area contributed by atoms with E-state index >= 15 is 0 Å². The van der Waals surface area contributed by atoms with E-state index in [0.717, 1.165) is 19.4 Å². The Kier molecular flexibility index (Phi) is 4.23. The van der Waals surface area contributed by atoms with E-state index in [9.17, 15) is 0 Å². The molecule has 1 rings (SSSR count). The fourth-order valence-electron chi connectivity index (χ4n) is 1.53. The van der Waals surface area contributed by atoms with Crippen molar-refractivity contribution in [1.29, 1.82) is 0 Å². The van der Waals surface area contributed by atoms with Gasteiger partial charge in [0.1, 0.15) is 0 Å². The summed E-state index contributed by atoms with van der Waals surface area (Å²) in [7, 11) is 0. The molecule has 1 unspecified atom stereocenters. The number of nitrogens with two attached hydrogens (primary N) is 1. The molecule has 0 saturated carbocycles. The molecular formula is C10H20N4O. The molecule has 1 atom stereocenters. The molecule has 1 heterocycles. The van der Waals surface area contributed by atoms with Gasteiger partial charge in [0, 0.05) is 12.1 Å². The summed E-state index contributed by atoms with van der Waals surface area (Å²) in [5, 5.41) is 6.93. The fraction of sp³-hybridized carbons (Fsp3) is 0.800. The van der Waals surface area contributed by atoms with Crippen LogP contribution < -0.4 is 11.1 Å². The molecule has 0 spiro atoms. The van der Waals surface area contributed by atoms with Crippen LogP contribution in [0.25, 0.3) is 0 Å². The molecule has 1 aromatic heterocycles. The largest absolute Gasteiger partial charge is 0.338 e. The van der Waals surface area contributed by atoms with E-state index in [-0.39, 0.29) is 5.54 Å². The van der Waals surface area contributed by atoms with Crippen LogP contribution >= 0.6 is 0 Å². The monoisotopic (exact) mass is 212 g/mol. The molecule has 5 heteroatoms. The van der Waals surface area contributed by atoms with Gasteiger partial charge in [0.05, 0.1) is 6.54 Å². The van der Waals surface area contributed by atoms with Gasteiger partial charge in [0.2, 0.25) is 5.89 Å². The fourth-order valence-corrected chi connectivity index (χ4v) is 1.53. The molecule has 0 radical (unpaired) electrons. The lowest BCUT2D eigenvalue weighted by Crippen LogP contribution is -2.45. The number of hydrogen-bond acceptors (Lipinski definition) is 5. The van der Waals surface area contributed by atoms with Gasteiger partial charge in [0.25, 0.3) is 0 Å².